The second-order valence-electron chi connectivity index (χ2n) is 9.81. The monoisotopic (exact) mass is 551 g/mol. The summed E-state index contributed by atoms with van der Waals surface area (Å²) in [6.07, 6.45) is -7.67. The Labute approximate surface area is 221 Å². The zero-order valence-corrected chi connectivity index (χ0v) is 21.0. The highest BCUT2D eigenvalue weighted by molar-refractivity contribution is 5.74. The van der Waals surface area contributed by atoms with Gasteiger partial charge in [0.25, 0.3) is 0 Å². The van der Waals surface area contributed by atoms with Crippen molar-refractivity contribution in [2.75, 3.05) is 19.6 Å². The van der Waals surface area contributed by atoms with Crippen LogP contribution in [0.25, 0.3) is 11.1 Å². The van der Waals surface area contributed by atoms with Gasteiger partial charge >= 0.3 is 18.3 Å². The number of carboxylic acid groups (broad SMARTS) is 1. The molecule has 1 atom stereocenters. The highest BCUT2D eigenvalue weighted by Gasteiger charge is 2.68. The molecule has 0 saturated carbocycles. The number of pyridine rings is 1. The number of hydrogen-bond donors (Lipinski definition) is 1. The van der Waals surface area contributed by atoms with Gasteiger partial charge in [-0.1, -0.05) is 48.5 Å². The van der Waals surface area contributed by atoms with Gasteiger partial charge in [-0.05, 0) is 46.9 Å². The fourth-order valence-corrected chi connectivity index (χ4v) is 4.71. The van der Waals surface area contributed by atoms with E-state index in [-0.39, 0.29) is 6.92 Å². The molecule has 0 spiro atoms. The van der Waals surface area contributed by atoms with Crippen LogP contribution in [0.2, 0.25) is 0 Å². The van der Waals surface area contributed by atoms with Crippen LogP contribution in [0.15, 0.2) is 73.1 Å². The highest BCUT2D eigenvalue weighted by Crippen LogP contribution is 2.51. The van der Waals surface area contributed by atoms with Crippen molar-refractivity contribution in [3.63, 3.8) is 0 Å². The first-order chi connectivity index (χ1) is 18.3. The fourth-order valence-electron chi connectivity index (χ4n) is 4.71. The maximum Gasteiger partial charge on any atom is 0.406 e. The van der Waals surface area contributed by atoms with E-state index in [4.69, 9.17) is 0 Å². The lowest BCUT2D eigenvalue weighted by Gasteiger charge is -2.39. The maximum absolute atomic E-state index is 13.4. The molecule has 1 aliphatic rings. The van der Waals surface area contributed by atoms with Crippen molar-refractivity contribution in [2.24, 2.45) is 0 Å². The minimum atomic E-state index is -5.50. The van der Waals surface area contributed by atoms with Crippen molar-refractivity contribution in [2.45, 2.75) is 43.8 Å². The van der Waals surface area contributed by atoms with Gasteiger partial charge in [0.05, 0.1) is 0 Å². The van der Waals surface area contributed by atoms with Crippen LogP contribution in [-0.2, 0) is 23.3 Å². The minimum absolute atomic E-state index is 0.144. The molecule has 1 aliphatic heterocycles. The van der Waals surface area contributed by atoms with Gasteiger partial charge in [0.15, 0.2) is 5.41 Å². The number of alkyl halides is 6. The molecule has 1 unspecified atom stereocenters. The molecule has 0 radical (unpaired) electrons. The number of carbonyl (C=O) groups is 1. The molecule has 208 valence electrons. The number of halogens is 6. The van der Waals surface area contributed by atoms with Gasteiger partial charge in [0, 0.05) is 45.1 Å². The predicted molar refractivity (Wildman–Crippen MR) is 133 cm³/mol. The molecule has 1 fully saturated rings. The smallest absolute Gasteiger partial charge is 0.406 e. The van der Waals surface area contributed by atoms with Gasteiger partial charge in [-0.15, -0.1) is 0 Å². The molecule has 4 rings (SSSR count). The van der Waals surface area contributed by atoms with Crippen LogP contribution in [0.5, 0.6) is 0 Å². The Bertz CT molecular complexity index is 1250. The van der Waals surface area contributed by atoms with E-state index in [0.717, 1.165) is 23.3 Å². The van der Waals surface area contributed by atoms with E-state index in [9.17, 15) is 36.2 Å². The van der Waals surface area contributed by atoms with Gasteiger partial charge < -0.3 is 5.11 Å². The third-order valence-electron chi connectivity index (χ3n) is 7.29. The minimum Gasteiger partial charge on any atom is -0.480 e. The normalized spacial score (nSPS) is 17.8. The lowest BCUT2D eigenvalue weighted by molar-refractivity contribution is -0.297. The lowest BCUT2D eigenvalue weighted by Crippen LogP contribution is -2.55. The Morgan fingerprint density at radius 1 is 0.821 bits per heavy atom. The number of nitrogens with zero attached hydrogens (tertiary/aromatic N) is 3. The van der Waals surface area contributed by atoms with E-state index in [2.05, 4.69) is 4.98 Å². The molecule has 0 bridgehead atoms. The van der Waals surface area contributed by atoms with E-state index in [0.29, 0.717) is 43.9 Å². The summed E-state index contributed by atoms with van der Waals surface area (Å²) >= 11 is 0. The van der Waals surface area contributed by atoms with Crippen LogP contribution in [0.4, 0.5) is 26.3 Å². The largest absolute Gasteiger partial charge is 0.480 e. The first kappa shape index (κ1) is 28.6. The summed E-state index contributed by atoms with van der Waals surface area (Å²) in [7, 11) is 0. The number of carboxylic acids is 1. The Morgan fingerprint density at radius 2 is 1.33 bits per heavy atom. The molecule has 1 aromatic heterocycles. The van der Waals surface area contributed by atoms with Crippen molar-refractivity contribution < 1.29 is 36.2 Å². The average Bonchev–Trinajstić information content (AvgIpc) is 2.89. The molecule has 39 heavy (non-hydrogen) atoms. The number of benzene rings is 2. The fraction of sp³-hybridized carbons (Fsp3) is 0.357. The summed E-state index contributed by atoms with van der Waals surface area (Å²) in [6.45, 7) is 2.72. The Hall–Kier alpha value is -3.44. The Morgan fingerprint density at radius 3 is 1.85 bits per heavy atom. The molecule has 11 heteroatoms. The third-order valence-corrected chi connectivity index (χ3v) is 7.29. The topological polar surface area (TPSA) is 56.7 Å². The summed E-state index contributed by atoms with van der Waals surface area (Å²) in [5.41, 5.74) is -1.85. The maximum atomic E-state index is 13.4. The lowest BCUT2D eigenvalue weighted by atomic mass is 9.80. The summed E-state index contributed by atoms with van der Waals surface area (Å²) < 4.78 is 80.2. The summed E-state index contributed by atoms with van der Waals surface area (Å²) in [5, 5.41) is 9.79. The second kappa shape index (κ2) is 11.0. The third kappa shape index (κ3) is 6.09. The predicted octanol–water partition coefficient (Wildman–Crippen LogP) is 5.90. The number of piperazine rings is 1. The van der Waals surface area contributed by atoms with Crippen molar-refractivity contribution in [3.05, 3.63) is 89.7 Å². The SMILES string of the molecule is CC(c1ccc(-c2ccc(CN3CCN(Cc4ccncc4)C(C(=O)O)C3)cc2)cc1)(C(F)(F)F)C(F)(F)F. The van der Waals surface area contributed by atoms with Crippen LogP contribution >= 0.6 is 0 Å². The molecule has 5 nitrogen and oxygen atoms in total. The van der Waals surface area contributed by atoms with E-state index >= 15 is 0 Å². The van der Waals surface area contributed by atoms with Crippen LogP contribution < -0.4 is 0 Å². The molecule has 2 aromatic carbocycles. The summed E-state index contributed by atoms with van der Waals surface area (Å²) in [6, 6.07) is 14.4. The molecule has 1 N–H and O–H groups in total. The van der Waals surface area contributed by atoms with E-state index in [1.165, 1.54) is 12.1 Å². The van der Waals surface area contributed by atoms with E-state index in [1.54, 1.807) is 24.5 Å². The van der Waals surface area contributed by atoms with Crippen molar-refractivity contribution in [3.8, 4) is 11.1 Å². The average molecular weight is 552 g/mol. The van der Waals surface area contributed by atoms with Gasteiger partial charge in [-0.3, -0.25) is 19.6 Å². The molecule has 0 amide bonds. The Kier molecular flexibility index (Phi) is 8.04. The summed E-state index contributed by atoms with van der Waals surface area (Å²) in [4.78, 5) is 19.9. The zero-order valence-electron chi connectivity index (χ0n) is 21.0. The second-order valence-corrected chi connectivity index (χ2v) is 9.81. The van der Waals surface area contributed by atoms with Crippen molar-refractivity contribution in [1.29, 1.82) is 0 Å². The quantitative estimate of drug-likeness (QED) is 0.371. The standard InChI is InChI=1S/C28H27F6N3O2/c1-26(27(29,30)31,28(32,33)34)23-8-6-22(7-9-23)21-4-2-19(3-5-21)16-36-14-15-37(24(18-36)25(38)39)17-20-10-12-35-13-11-20/h2-13,24H,14-18H2,1H3,(H,38,39). The Balaban J connectivity index is 1.42. The van der Waals surface area contributed by atoms with Crippen LogP contribution in [-0.4, -0.2) is 63.9 Å². The number of aliphatic carboxylic acids is 1. The highest BCUT2D eigenvalue weighted by atomic mass is 19.4. The molecule has 0 aliphatic carbocycles. The van der Waals surface area contributed by atoms with Gasteiger partial charge in [0.2, 0.25) is 0 Å². The van der Waals surface area contributed by atoms with E-state index in [1.807, 2.05) is 34.1 Å². The van der Waals surface area contributed by atoms with Crippen LogP contribution in [0.1, 0.15) is 23.6 Å². The zero-order chi connectivity index (χ0) is 28.4. The number of rotatable bonds is 7. The first-order valence-electron chi connectivity index (χ1n) is 12.2. The number of hydrogen-bond acceptors (Lipinski definition) is 4. The molecule has 1 saturated heterocycles. The van der Waals surface area contributed by atoms with Gasteiger partial charge in [0.1, 0.15) is 6.04 Å². The first-order valence-corrected chi connectivity index (χ1v) is 12.2. The van der Waals surface area contributed by atoms with E-state index < -0.39 is 35.3 Å². The van der Waals surface area contributed by atoms with Crippen LogP contribution in [0, 0.1) is 0 Å². The summed E-state index contributed by atoms with van der Waals surface area (Å²) in [5.74, 6) is -0.903. The van der Waals surface area contributed by atoms with Crippen molar-refractivity contribution >= 4 is 5.97 Å². The number of aromatic nitrogens is 1. The van der Waals surface area contributed by atoms with Gasteiger partial charge in [-0.2, -0.15) is 26.3 Å². The van der Waals surface area contributed by atoms with Crippen molar-refractivity contribution in [1.82, 2.24) is 14.8 Å². The molecular formula is C28H27F6N3O2. The van der Waals surface area contributed by atoms with Crippen LogP contribution in [0.3, 0.4) is 0 Å². The molecule has 2 heterocycles. The molecular weight excluding hydrogens is 524 g/mol. The van der Waals surface area contributed by atoms with Gasteiger partial charge in [-0.25, -0.2) is 0 Å². The molecule has 3 aromatic rings.